The second kappa shape index (κ2) is 10.2. The van der Waals surface area contributed by atoms with Crippen LogP contribution in [0, 0.1) is 5.82 Å². The van der Waals surface area contributed by atoms with Crippen molar-refractivity contribution in [2.24, 2.45) is 0 Å². The summed E-state index contributed by atoms with van der Waals surface area (Å²) in [7, 11) is 0. The van der Waals surface area contributed by atoms with E-state index in [1.54, 1.807) is 4.90 Å². The molecule has 5 rings (SSSR count). The molecule has 2 aliphatic rings. The highest BCUT2D eigenvalue weighted by Crippen LogP contribution is 2.38. The van der Waals surface area contributed by atoms with Crippen LogP contribution in [-0.2, 0) is 4.74 Å². The van der Waals surface area contributed by atoms with Crippen molar-refractivity contribution in [1.82, 2.24) is 9.80 Å². The molecule has 8 heteroatoms. The van der Waals surface area contributed by atoms with E-state index in [9.17, 15) is 14.0 Å². The van der Waals surface area contributed by atoms with E-state index in [-0.39, 0.29) is 33.6 Å². The average Bonchev–Trinajstić information content (AvgIpc) is 3.16. The molecule has 1 amide bonds. The molecule has 1 saturated heterocycles. The minimum absolute atomic E-state index is 0.0387. The summed E-state index contributed by atoms with van der Waals surface area (Å²) in [6, 6.07) is 10.6. The summed E-state index contributed by atoms with van der Waals surface area (Å²) >= 11 is 0. The number of amides is 1. The van der Waals surface area contributed by atoms with Gasteiger partial charge in [0.25, 0.3) is 5.91 Å². The molecule has 1 fully saturated rings. The van der Waals surface area contributed by atoms with Gasteiger partial charge in [-0.3, -0.25) is 14.5 Å². The topological polar surface area (TPSA) is 72.2 Å². The van der Waals surface area contributed by atoms with Crippen LogP contribution in [0.4, 0.5) is 4.39 Å². The molecule has 0 saturated carbocycles. The predicted octanol–water partition coefficient (Wildman–Crippen LogP) is 3.99. The highest BCUT2D eigenvalue weighted by molar-refractivity contribution is 5.99. The van der Waals surface area contributed by atoms with E-state index < -0.39 is 11.9 Å². The maximum Gasteiger partial charge on any atom is 0.290 e. The molecule has 2 aliphatic heterocycles. The fourth-order valence-electron chi connectivity index (χ4n) is 4.83. The minimum Gasteiger partial charge on any atom is -0.494 e. The predicted molar refractivity (Wildman–Crippen MR) is 129 cm³/mol. The van der Waals surface area contributed by atoms with Gasteiger partial charge in [0.1, 0.15) is 17.1 Å². The molecular weight excluding hydrogens is 451 g/mol. The molecule has 3 aromatic rings. The Hall–Kier alpha value is -3.23. The van der Waals surface area contributed by atoms with Crippen molar-refractivity contribution >= 4 is 16.9 Å². The Balaban J connectivity index is 1.50. The Morgan fingerprint density at radius 3 is 2.57 bits per heavy atom. The van der Waals surface area contributed by atoms with Gasteiger partial charge >= 0.3 is 0 Å². The number of hydrogen-bond donors (Lipinski definition) is 0. The first-order chi connectivity index (χ1) is 17.1. The molecule has 0 bridgehead atoms. The van der Waals surface area contributed by atoms with E-state index in [2.05, 4.69) is 4.90 Å². The van der Waals surface area contributed by atoms with Gasteiger partial charge in [0.15, 0.2) is 5.43 Å². The van der Waals surface area contributed by atoms with Gasteiger partial charge in [0.05, 0.1) is 36.8 Å². The van der Waals surface area contributed by atoms with Crippen molar-refractivity contribution in [2.45, 2.75) is 25.8 Å². The Labute approximate surface area is 203 Å². The van der Waals surface area contributed by atoms with Gasteiger partial charge in [0, 0.05) is 26.2 Å². The molecule has 0 N–H and O–H groups in total. The third-order valence-electron chi connectivity index (χ3n) is 6.57. The molecule has 1 unspecified atom stereocenters. The van der Waals surface area contributed by atoms with Gasteiger partial charge in [-0.2, -0.15) is 0 Å². The van der Waals surface area contributed by atoms with Crippen molar-refractivity contribution < 1.29 is 23.1 Å². The van der Waals surface area contributed by atoms with E-state index in [1.165, 1.54) is 18.2 Å². The van der Waals surface area contributed by atoms with Gasteiger partial charge in [-0.25, -0.2) is 4.39 Å². The van der Waals surface area contributed by atoms with Crippen LogP contribution in [0.5, 0.6) is 5.75 Å². The zero-order chi connectivity index (χ0) is 24.4. The number of hydrogen-bond acceptors (Lipinski definition) is 6. The maximum absolute atomic E-state index is 13.9. The summed E-state index contributed by atoms with van der Waals surface area (Å²) in [6.45, 7) is 7.10. The first kappa shape index (κ1) is 23.5. The van der Waals surface area contributed by atoms with Crippen molar-refractivity contribution in [3.63, 3.8) is 0 Å². The van der Waals surface area contributed by atoms with Crippen LogP contribution in [0.3, 0.4) is 0 Å². The summed E-state index contributed by atoms with van der Waals surface area (Å²) in [4.78, 5) is 31.0. The summed E-state index contributed by atoms with van der Waals surface area (Å²) in [6.07, 6.45) is 1.64. The fourth-order valence-corrected chi connectivity index (χ4v) is 4.83. The fraction of sp³-hybridized carbons (Fsp3) is 0.407. The third-order valence-corrected chi connectivity index (χ3v) is 6.57. The molecule has 0 radical (unpaired) electrons. The number of benzene rings is 2. The van der Waals surface area contributed by atoms with Crippen LogP contribution < -0.4 is 10.2 Å². The molecule has 1 atom stereocenters. The number of carbonyl (C=O) groups excluding carboxylic acids is 1. The summed E-state index contributed by atoms with van der Waals surface area (Å²) in [5.41, 5.74) is 0.888. The Bertz CT molecular complexity index is 1270. The first-order valence-electron chi connectivity index (χ1n) is 12.2. The zero-order valence-corrected chi connectivity index (χ0v) is 19.8. The van der Waals surface area contributed by atoms with E-state index >= 15 is 0 Å². The third kappa shape index (κ3) is 4.68. The lowest BCUT2D eigenvalue weighted by Gasteiger charge is -2.29. The number of carbonyl (C=O) groups is 1. The molecule has 0 spiro atoms. The number of halogens is 1. The molecule has 2 aromatic carbocycles. The maximum atomic E-state index is 13.9. The van der Waals surface area contributed by atoms with Crippen LogP contribution in [0.1, 0.15) is 47.5 Å². The Morgan fingerprint density at radius 2 is 1.83 bits per heavy atom. The number of rotatable bonds is 8. The quantitative estimate of drug-likeness (QED) is 0.486. The van der Waals surface area contributed by atoms with Crippen LogP contribution in [-0.4, -0.2) is 61.7 Å². The van der Waals surface area contributed by atoms with E-state index in [4.69, 9.17) is 13.9 Å². The number of nitrogens with zero attached hydrogens (tertiary/aromatic N) is 2. The van der Waals surface area contributed by atoms with Crippen molar-refractivity contribution in [2.75, 3.05) is 46.0 Å². The molecule has 3 heterocycles. The Morgan fingerprint density at radius 1 is 1.06 bits per heavy atom. The highest BCUT2D eigenvalue weighted by atomic mass is 19.1. The van der Waals surface area contributed by atoms with E-state index in [0.29, 0.717) is 26.4 Å². The van der Waals surface area contributed by atoms with Gasteiger partial charge in [0.2, 0.25) is 5.76 Å². The van der Waals surface area contributed by atoms with Crippen LogP contribution in [0.25, 0.3) is 11.0 Å². The zero-order valence-electron chi connectivity index (χ0n) is 19.8. The average molecular weight is 481 g/mol. The molecule has 0 aliphatic carbocycles. The lowest BCUT2D eigenvalue weighted by molar-refractivity contribution is 0.0353. The molecule has 1 aromatic heterocycles. The van der Waals surface area contributed by atoms with E-state index in [0.717, 1.165) is 43.8 Å². The SMILES string of the molecule is CCCOc1ccc(C2c3c(oc4ccc(F)cc4c3=O)C(=O)N2CCCN2CCOCC2)cc1. The largest absolute Gasteiger partial charge is 0.494 e. The van der Waals surface area contributed by atoms with Gasteiger partial charge < -0.3 is 18.8 Å². The number of fused-ring (bicyclic) bond motifs is 2. The minimum atomic E-state index is -0.605. The smallest absolute Gasteiger partial charge is 0.290 e. The lowest BCUT2D eigenvalue weighted by atomic mass is 9.98. The molecule has 35 heavy (non-hydrogen) atoms. The van der Waals surface area contributed by atoms with Crippen LogP contribution in [0.15, 0.2) is 51.7 Å². The molecular formula is C27H29FN2O5. The highest BCUT2D eigenvalue weighted by Gasteiger charge is 2.42. The second-order valence-corrected chi connectivity index (χ2v) is 8.94. The van der Waals surface area contributed by atoms with E-state index in [1.807, 2.05) is 31.2 Å². The summed E-state index contributed by atoms with van der Waals surface area (Å²) in [5, 5.41) is 0.139. The van der Waals surface area contributed by atoms with Gasteiger partial charge in [-0.05, 0) is 48.7 Å². The van der Waals surface area contributed by atoms with Gasteiger partial charge in [-0.15, -0.1) is 0 Å². The normalized spacial score (nSPS) is 18.3. The van der Waals surface area contributed by atoms with Gasteiger partial charge in [-0.1, -0.05) is 19.1 Å². The summed E-state index contributed by atoms with van der Waals surface area (Å²) < 4.78 is 31.0. The van der Waals surface area contributed by atoms with Crippen molar-refractivity contribution in [3.8, 4) is 5.75 Å². The molecule has 7 nitrogen and oxygen atoms in total. The van der Waals surface area contributed by atoms with Crippen LogP contribution >= 0.6 is 0 Å². The standard InChI is InChI=1S/C27H29FN2O5/c1-2-14-34-20-7-4-18(5-8-20)24-23-25(31)21-17-19(28)6-9-22(21)35-26(23)27(32)30(24)11-3-10-29-12-15-33-16-13-29/h4-9,17,24H,2-3,10-16H2,1H3. The molecule has 184 valence electrons. The van der Waals surface area contributed by atoms with Crippen molar-refractivity contribution in [3.05, 3.63) is 75.4 Å². The second-order valence-electron chi connectivity index (χ2n) is 8.94. The Kier molecular flexibility index (Phi) is 6.83. The number of morpholine rings is 1. The van der Waals surface area contributed by atoms with Crippen LogP contribution in [0.2, 0.25) is 0 Å². The number of ether oxygens (including phenoxy) is 2. The monoisotopic (exact) mass is 480 g/mol. The van der Waals surface area contributed by atoms with Crippen molar-refractivity contribution in [1.29, 1.82) is 0 Å². The summed E-state index contributed by atoms with van der Waals surface area (Å²) in [5.74, 6) is -0.0737. The lowest BCUT2D eigenvalue weighted by Crippen LogP contribution is -2.38. The first-order valence-corrected chi connectivity index (χ1v) is 12.2.